The molecule has 54 heavy (non-hydrogen) atoms. The van der Waals surface area contributed by atoms with Crippen LogP contribution in [-0.4, -0.2) is 69.3 Å². The molecule has 2 aliphatic rings. The molecule has 0 unspecified atom stereocenters. The third kappa shape index (κ3) is 9.06. The normalized spacial score (nSPS) is 17.9. The monoisotopic (exact) mass is 736 g/mol. The minimum atomic E-state index is -0.782. The van der Waals surface area contributed by atoms with E-state index < -0.39 is 24.0 Å². The summed E-state index contributed by atoms with van der Waals surface area (Å²) in [6.45, 7) is 7.26. The molecule has 2 atom stereocenters. The van der Waals surface area contributed by atoms with Gasteiger partial charge in [0.15, 0.2) is 11.5 Å². The molecule has 10 nitrogen and oxygen atoms in total. The lowest BCUT2D eigenvalue weighted by Gasteiger charge is -2.33. The number of carboxylic acid groups (broad SMARTS) is 2. The quantitative estimate of drug-likeness (QED) is 0.113. The summed E-state index contributed by atoms with van der Waals surface area (Å²) in [5.74, 6) is 0.295. The number of carbonyl (C=O) groups is 2. The molecular weight excluding hydrogens is 684 g/mol. The number of aliphatic hydroxyl groups excluding tert-OH is 1. The van der Waals surface area contributed by atoms with Gasteiger partial charge in [0.25, 0.3) is 0 Å². The molecule has 6 rings (SSSR count). The maximum Gasteiger partial charge on any atom is 0.320 e. The van der Waals surface area contributed by atoms with E-state index in [1.165, 1.54) is 0 Å². The van der Waals surface area contributed by atoms with Gasteiger partial charge in [0.2, 0.25) is 0 Å². The Morgan fingerprint density at radius 2 is 1.15 bits per heavy atom. The van der Waals surface area contributed by atoms with E-state index in [4.69, 9.17) is 14.2 Å². The summed E-state index contributed by atoms with van der Waals surface area (Å²) in [5.41, 5.74) is 9.10. The molecule has 286 valence electrons. The van der Waals surface area contributed by atoms with Crippen molar-refractivity contribution in [1.82, 2.24) is 9.80 Å². The zero-order valence-electron chi connectivity index (χ0n) is 31.6. The van der Waals surface area contributed by atoms with Crippen LogP contribution < -0.4 is 14.2 Å². The first-order valence-electron chi connectivity index (χ1n) is 18.9. The molecule has 4 aromatic carbocycles. The van der Waals surface area contributed by atoms with E-state index >= 15 is 0 Å². The van der Waals surface area contributed by atoms with E-state index in [1.807, 2.05) is 58.3 Å². The predicted octanol–water partition coefficient (Wildman–Crippen LogP) is 7.51. The number of rotatable bonds is 15. The third-order valence-electron chi connectivity index (χ3n) is 11.0. The Morgan fingerprint density at radius 3 is 1.65 bits per heavy atom. The summed E-state index contributed by atoms with van der Waals surface area (Å²) in [4.78, 5) is 27.6. The maximum absolute atomic E-state index is 11.8. The lowest BCUT2D eigenvalue weighted by atomic mass is 9.92. The van der Waals surface area contributed by atoms with Crippen LogP contribution in [0, 0.1) is 13.8 Å². The number of hydrogen-bond acceptors (Lipinski definition) is 8. The Balaban J connectivity index is 1.12. The van der Waals surface area contributed by atoms with Crippen molar-refractivity contribution in [2.75, 3.05) is 20.2 Å². The first kappa shape index (κ1) is 38.8. The summed E-state index contributed by atoms with van der Waals surface area (Å²) in [7, 11) is 1.62. The molecular formula is C44H52N2O8. The van der Waals surface area contributed by atoms with Gasteiger partial charge in [0.1, 0.15) is 31.0 Å². The zero-order chi connectivity index (χ0) is 38.2. The highest BCUT2D eigenvalue weighted by molar-refractivity contribution is 5.74. The van der Waals surface area contributed by atoms with Gasteiger partial charge in [-0.2, -0.15) is 0 Å². The molecule has 10 heteroatoms. The highest BCUT2D eigenvalue weighted by Crippen LogP contribution is 2.34. The fraction of sp³-hybridized carbons (Fsp3) is 0.409. The van der Waals surface area contributed by atoms with Crippen LogP contribution >= 0.6 is 0 Å². The van der Waals surface area contributed by atoms with Crippen LogP contribution in [0.15, 0.2) is 72.8 Å². The van der Waals surface area contributed by atoms with Crippen molar-refractivity contribution in [3.8, 4) is 28.4 Å². The van der Waals surface area contributed by atoms with Crippen LogP contribution in [0.5, 0.6) is 17.2 Å². The number of nitrogens with zero attached hydrogens (tertiary/aromatic N) is 2. The summed E-state index contributed by atoms with van der Waals surface area (Å²) in [5, 5.41) is 29.6. The summed E-state index contributed by atoms with van der Waals surface area (Å²) >= 11 is 0. The Labute approximate surface area is 317 Å². The van der Waals surface area contributed by atoms with E-state index in [9.17, 15) is 24.9 Å². The lowest BCUT2D eigenvalue weighted by molar-refractivity contribution is -0.145. The number of aliphatic carboxylic acids is 2. The van der Waals surface area contributed by atoms with E-state index in [0.717, 1.165) is 83.3 Å². The molecule has 0 spiro atoms. The number of benzene rings is 4. The third-order valence-corrected chi connectivity index (χ3v) is 11.0. The van der Waals surface area contributed by atoms with Gasteiger partial charge in [-0.3, -0.25) is 19.4 Å². The number of methoxy groups -OCH3 is 1. The highest BCUT2D eigenvalue weighted by Gasteiger charge is 2.29. The van der Waals surface area contributed by atoms with Crippen molar-refractivity contribution in [1.29, 1.82) is 0 Å². The number of likely N-dealkylation sites (tertiary alicyclic amines) is 2. The van der Waals surface area contributed by atoms with Crippen LogP contribution in [0.25, 0.3) is 11.1 Å². The smallest absolute Gasteiger partial charge is 0.320 e. The molecule has 0 aromatic heterocycles. The molecule has 0 saturated carbocycles. The Hall–Kier alpha value is -4.90. The van der Waals surface area contributed by atoms with Crippen molar-refractivity contribution < 1.29 is 39.1 Å². The minimum absolute atomic E-state index is 0.180. The number of aliphatic hydroxyl groups is 1. The van der Waals surface area contributed by atoms with Crippen LogP contribution in [0.2, 0.25) is 0 Å². The predicted molar refractivity (Wildman–Crippen MR) is 207 cm³/mol. The lowest BCUT2D eigenvalue weighted by Crippen LogP contribution is -2.44. The summed E-state index contributed by atoms with van der Waals surface area (Å²) < 4.78 is 18.3. The molecule has 2 heterocycles. The second kappa shape index (κ2) is 18.0. The van der Waals surface area contributed by atoms with Crippen molar-refractivity contribution in [3.05, 3.63) is 112 Å². The fourth-order valence-corrected chi connectivity index (χ4v) is 7.89. The van der Waals surface area contributed by atoms with Gasteiger partial charge in [-0.05, 0) is 121 Å². The molecule has 4 aromatic rings. The van der Waals surface area contributed by atoms with Gasteiger partial charge in [0.05, 0.1) is 13.7 Å². The molecule has 0 aliphatic carbocycles. The Kier molecular flexibility index (Phi) is 12.9. The highest BCUT2D eigenvalue weighted by atomic mass is 16.5. The number of ether oxygens (including phenoxy) is 3. The average Bonchev–Trinajstić information content (AvgIpc) is 3.18. The van der Waals surface area contributed by atoms with Crippen LogP contribution in [0.3, 0.4) is 0 Å². The number of piperidine rings is 2. The topological polar surface area (TPSA) is 129 Å². The van der Waals surface area contributed by atoms with E-state index in [-0.39, 0.29) is 6.61 Å². The molecule has 0 radical (unpaired) electrons. The molecule has 0 amide bonds. The first-order valence-corrected chi connectivity index (χ1v) is 18.9. The molecule has 2 fully saturated rings. The second-order valence-electron chi connectivity index (χ2n) is 14.5. The first-order chi connectivity index (χ1) is 26.2. The van der Waals surface area contributed by atoms with Crippen molar-refractivity contribution in [2.45, 2.75) is 97.4 Å². The SMILES string of the molecule is COc1cc(CN2CCCC[C@H]2C(=O)O)ccc1OCc1cccc(-c2cccc(COc3ccc(CN4CCCC[C@H]4C(=O)O)cc3CO)c2C)c1C. The maximum atomic E-state index is 11.8. The molecule has 0 bridgehead atoms. The Morgan fingerprint density at radius 1 is 0.648 bits per heavy atom. The van der Waals surface area contributed by atoms with E-state index in [0.29, 0.717) is 62.0 Å². The zero-order valence-corrected chi connectivity index (χ0v) is 31.6. The standard InChI is InChI=1S/C44H52N2O8/c1-29-33(27-53-40-18-16-31(22-35(40)26-47)24-45-20-6-4-14-38(45)43(48)49)10-8-12-36(29)37-13-9-11-34(30(37)2)28-54-41-19-17-32(23-42(41)52-3)25-46-21-7-5-15-39(46)44(50)51/h8-13,16-19,22-23,38-39,47H,4-7,14-15,20-21,24-28H2,1-3H3,(H,48,49)(H,50,51)/t38-,39-/m0/s1. The second-order valence-corrected chi connectivity index (χ2v) is 14.5. The van der Waals surface area contributed by atoms with Crippen molar-refractivity contribution >= 4 is 11.9 Å². The van der Waals surface area contributed by atoms with Gasteiger partial charge in [-0.15, -0.1) is 0 Å². The fourth-order valence-electron chi connectivity index (χ4n) is 7.89. The summed E-state index contributed by atoms with van der Waals surface area (Å²) in [6, 6.07) is 23.1. The molecule has 3 N–H and O–H groups in total. The minimum Gasteiger partial charge on any atom is -0.493 e. The average molecular weight is 737 g/mol. The largest absolute Gasteiger partial charge is 0.493 e. The van der Waals surface area contributed by atoms with Crippen LogP contribution in [-0.2, 0) is 42.5 Å². The van der Waals surface area contributed by atoms with E-state index in [1.54, 1.807) is 7.11 Å². The summed E-state index contributed by atoms with van der Waals surface area (Å²) in [6.07, 6.45) is 5.16. The van der Waals surface area contributed by atoms with Gasteiger partial charge < -0.3 is 29.5 Å². The van der Waals surface area contributed by atoms with E-state index in [2.05, 4.69) is 38.1 Å². The number of hydrogen-bond donors (Lipinski definition) is 3. The number of carboxylic acids is 2. The van der Waals surface area contributed by atoms with Crippen molar-refractivity contribution in [3.63, 3.8) is 0 Å². The van der Waals surface area contributed by atoms with Gasteiger partial charge in [-0.25, -0.2) is 0 Å². The van der Waals surface area contributed by atoms with Gasteiger partial charge >= 0.3 is 11.9 Å². The van der Waals surface area contributed by atoms with Gasteiger partial charge in [-0.1, -0.05) is 61.4 Å². The molecule has 2 saturated heterocycles. The van der Waals surface area contributed by atoms with Gasteiger partial charge in [0, 0.05) is 18.7 Å². The molecule has 2 aliphatic heterocycles. The Bertz CT molecular complexity index is 1810. The van der Waals surface area contributed by atoms with Crippen LogP contribution in [0.4, 0.5) is 0 Å². The van der Waals surface area contributed by atoms with Crippen molar-refractivity contribution in [2.24, 2.45) is 0 Å². The van der Waals surface area contributed by atoms with Crippen LogP contribution in [0.1, 0.15) is 77.5 Å².